The summed E-state index contributed by atoms with van der Waals surface area (Å²) in [5.74, 6) is -2.85. The Hall–Kier alpha value is -3.10. The highest BCUT2D eigenvalue weighted by molar-refractivity contribution is 5.95. The average Bonchev–Trinajstić information content (AvgIpc) is 2.37. The van der Waals surface area contributed by atoms with Gasteiger partial charge in [0.2, 0.25) is 11.8 Å². The number of hydrogen-bond acceptors (Lipinski definition) is 4. The molecule has 1 aromatic rings. The van der Waals surface area contributed by atoms with Crippen LogP contribution in [-0.4, -0.2) is 35.0 Å². The molecule has 9 nitrogen and oxygen atoms in total. The summed E-state index contributed by atoms with van der Waals surface area (Å²) in [5.41, 5.74) is 10.5. The van der Waals surface area contributed by atoms with Gasteiger partial charge in [0.15, 0.2) is 0 Å². The molecular formula is C12H14N4O5. The molecule has 0 fully saturated rings. The fourth-order valence-corrected chi connectivity index (χ4v) is 1.44. The van der Waals surface area contributed by atoms with Crippen molar-refractivity contribution in [2.24, 2.45) is 11.5 Å². The second-order valence-corrected chi connectivity index (χ2v) is 4.10. The zero-order valence-electron chi connectivity index (χ0n) is 10.8. The molecule has 0 bridgehead atoms. The van der Waals surface area contributed by atoms with E-state index in [4.69, 9.17) is 16.6 Å². The monoisotopic (exact) mass is 294 g/mol. The summed E-state index contributed by atoms with van der Waals surface area (Å²) < 4.78 is 0. The first-order valence-corrected chi connectivity index (χ1v) is 5.78. The summed E-state index contributed by atoms with van der Waals surface area (Å²) in [5, 5.41) is 13.3. The molecule has 112 valence electrons. The van der Waals surface area contributed by atoms with Gasteiger partial charge in [-0.2, -0.15) is 0 Å². The first kappa shape index (κ1) is 16.0. The number of carbonyl (C=O) groups is 4. The highest BCUT2D eigenvalue weighted by atomic mass is 16.4. The Bertz CT molecular complexity index is 570. The lowest BCUT2D eigenvalue weighted by molar-refractivity contribution is -0.140. The van der Waals surface area contributed by atoms with Crippen molar-refractivity contribution in [3.05, 3.63) is 29.8 Å². The maximum atomic E-state index is 11.6. The van der Waals surface area contributed by atoms with Crippen LogP contribution in [0.25, 0.3) is 0 Å². The lowest BCUT2D eigenvalue weighted by atomic mass is 10.2. The number of carbonyl (C=O) groups excluding carboxylic acids is 3. The Morgan fingerprint density at radius 3 is 2.10 bits per heavy atom. The first-order valence-electron chi connectivity index (χ1n) is 5.78. The van der Waals surface area contributed by atoms with Crippen LogP contribution in [0, 0.1) is 0 Å². The SMILES string of the molecule is NC(=O)CC(NC(=O)Nc1ccc(C(N)=O)cc1)C(=O)O. The zero-order valence-corrected chi connectivity index (χ0v) is 10.8. The minimum atomic E-state index is -1.42. The number of benzene rings is 1. The van der Waals surface area contributed by atoms with Crippen molar-refractivity contribution in [2.75, 3.05) is 5.32 Å². The number of aliphatic carboxylic acids is 1. The molecule has 0 aliphatic heterocycles. The molecule has 1 rings (SSSR count). The second-order valence-electron chi connectivity index (χ2n) is 4.10. The summed E-state index contributed by atoms with van der Waals surface area (Å²) in [7, 11) is 0. The first-order chi connectivity index (χ1) is 9.79. The Balaban J connectivity index is 2.65. The molecule has 0 aliphatic carbocycles. The second kappa shape index (κ2) is 6.89. The molecule has 7 N–H and O–H groups in total. The number of primary amides is 2. The number of nitrogens with two attached hydrogens (primary N) is 2. The Kier molecular flexibility index (Phi) is 5.24. The topological polar surface area (TPSA) is 165 Å². The number of carboxylic acids is 1. The van der Waals surface area contributed by atoms with Crippen molar-refractivity contribution in [2.45, 2.75) is 12.5 Å². The van der Waals surface area contributed by atoms with Crippen LogP contribution < -0.4 is 22.1 Å². The van der Waals surface area contributed by atoms with Crippen molar-refractivity contribution in [1.82, 2.24) is 5.32 Å². The number of anilines is 1. The maximum absolute atomic E-state index is 11.6. The standard InChI is InChI=1S/C12H14N4O5/c13-9(17)5-8(11(19)20)16-12(21)15-7-3-1-6(2-4-7)10(14)18/h1-4,8H,5H2,(H2,13,17)(H2,14,18)(H,19,20)(H2,15,16,21). The van der Waals surface area contributed by atoms with E-state index in [-0.39, 0.29) is 5.56 Å². The van der Waals surface area contributed by atoms with Crippen LogP contribution in [0.1, 0.15) is 16.8 Å². The molecule has 21 heavy (non-hydrogen) atoms. The molecule has 1 unspecified atom stereocenters. The van der Waals surface area contributed by atoms with Crippen molar-refractivity contribution in [1.29, 1.82) is 0 Å². The number of nitrogens with one attached hydrogen (secondary N) is 2. The molecule has 0 spiro atoms. The van der Waals surface area contributed by atoms with Crippen molar-refractivity contribution in [3.63, 3.8) is 0 Å². The van der Waals surface area contributed by atoms with E-state index in [0.29, 0.717) is 5.69 Å². The summed E-state index contributed by atoms with van der Waals surface area (Å²) >= 11 is 0. The molecule has 1 atom stereocenters. The van der Waals surface area contributed by atoms with E-state index < -0.39 is 36.3 Å². The van der Waals surface area contributed by atoms with Gasteiger partial charge in [-0.1, -0.05) is 0 Å². The predicted molar refractivity (Wildman–Crippen MR) is 72.3 cm³/mol. The Morgan fingerprint density at radius 2 is 1.67 bits per heavy atom. The summed E-state index contributed by atoms with van der Waals surface area (Å²) in [6.07, 6.45) is -0.524. The maximum Gasteiger partial charge on any atom is 0.326 e. The van der Waals surface area contributed by atoms with Crippen LogP contribution in [0.5, 0.6) is 0 Å². The van der Waals surface area contributed by atoms with Gasteiger partial charge in [-0.05, 0) is 24.3 Å². The fraction of sp³-hybridized carbons (Fsp3) is 0.167. The van der Waals surface area contributed by atoms with Gasteiger partial charge < -0.3 is 27.2 Å². The third kappa shape index (κ3) is 5.19. The number of urea groups is 1. The van der Waals surface area contributed by atoms with Crippen LogP contribution in [0.3, 0.4) is 0 Å². The van der Waals surface area contributed by atoms with E-state index in [1.54, 1.807) is 0 Å². The van der Waals surface area contributed by atoms with Gasteiger partial charge in [0.25, 0.3) is 0 Å². The smallest absolute Gasteiger partial charge is 0.326 e. The molecule has 1 aromatic carbocycles. The highest BCUT2D eigenvalue weighted by Gasteiger charge is 2.22. The predicted octanol–water partition coefficient (Wildman–Crippen LogP) is -0.764. The van der Waals surface area contributed by atoms with E-state index >= 15 is 0 Å². The molecule has 4 amide bonds. The van der Waals surface area contributed by atoms with Crippen molar-refractivity contribution >= 4 is 29.5 Å². The number of amides is 4. The molecule has 0 aromatic heterocycles. The Morgan fingerprint density at radius 1 is 1.10 bits per heavy atom. The number of carboxylic acid groups (broad SMARTS) is 1. The van der Waals surface area contributed by atoms with Gasteiger partial charge in [-0.25, -0.2) is 9.59 Å². The zero-order chi connectivity index (χ0) is 16.0. The summed E-state index contributed by atoms with van der Waals surface area (Å²) in [4.78, 5) is 44.0. The molecule has 0 heterocycles. The average molecular weight is 294 g/mol. The van der Waals surface area contributed by atoms with Gasteiger partial charge in [-0.3, -0.25) is 9.59 Å². The molecular weight excluding hydrogens is 280 g/mol. The quantitative estimate of drug-likeness (QED) is 0.464. The number of rotatable bonds is 6. The minimum absolute atomic E-state index is 0.262. The van der Waals surface area contributed by atoms with E-state index in [9.17, 15) is 19.2 Å². The van der Waals surface area contributed by atoms with E-state index in [1.165, 1.54) is 24.3 Å². The van der Waals surface area contributed by atoms with E-state index in [0.717, 1.165) is 0 Å². The van der Waals surface area contributed by atoms with Gasteiger partial charge >= 0.3 is 12.0 Å². The minimum Gasteiger partial charge on any atom is -0.480 e. The largest absolute Gasteiger partial charge is 0.480 e. The molecule has 0 saturated heterocycles. The number of hydrogen-bond donors (Lipinski definition) is 5. The summed E-state index contributed by atoms with van der Waals surface area (Å²) in [6, 6.07) is 3.39. The van der Waals surface area contributed by atoms with Gasteiger partial charge in [0.1, 0.15) is 6.04 Å². The normalized spacial score (nSPS) is 11.2. The van der Waals surface area contributed by atoms with Gasteiger partial charge in [-0.15, -0.1) is 0 Å². The lowest BCUT2D eigenvalue weighted by Crippen LogP contribution is -2.45. The van der Waals surface area contributed by atoms with Crippen LogP contribution in [0.4, 0.5) is 10.5 Å². The molecule has 9 heteroatoms. The third-order valence-corrected chi connectivity index (χ3v) is 2.44. The van der Waals surface area contributed by atoms with Crippen LogP contribution >= 0.6 is 0 Å². The van der Waals surface area contributed by atoms with Crippen molar-refractivity contribution < 1.29 is 24.3 Å². The molecule has 0 saturated carbocycles. The van der Waals surface area contributed by atoms with Crippen LogP contribution in [0.15, 0.2) is 24.3 Å². The van der Waals surface area contributed by atoms with Crippen molar-refractivity contribution in [3.8, 4) is 0 Å². The summed E-state index contributed by atoms with van der Waals surface area (Å²) in [6.45, 7) is 0. The molecule has 0 radical (unpaired) electrons. The van der Waals surface area contributed by atoms with Crippen LogP contribution in [0.2, 0.25) is 0 Å². The van der Waals surface area contributed by atoms with Gasteiger partial charge in [0, 0.05) is 11.3 Å². The molecule has 0 aliphatic rings. The lowest BCUT2D eigenvalue weighted by Gasteiger charge is -2.13. The highest BCUT2D eigenvalue weighted by Crippen LogP contribution is 2.09. The third-order valence-electron chi connectivity index (χ3n) is 2.44. The van der Waals surface area contributed by atoms with Gasteiger partial charge in [0.05, 0.1) is 6.42 Å². The Labute approximate surface area is 119 Å². The van der Waals surface area contributed by atoms with E-state index in [1.807, 2.05) is 0 Å². The van der Waals surface area contributed by atoms with E-state index in [2.05, 4.69) is 10.6 Å². The fourth-order valence-electron chi connectivity index (χ4n) is 1.44. The van der Waals surface area contributed by atoms with Crippen LogP contribution in [-0.2, 0) is 9.59 Å².